The third kappa shape index (κ3) is 5.06. The molecule has 146 valence electrons. The molecular formula is C19H28F2IN3O. The number of likely N-dealkylation sites (tertiary alicyclic amines) is 1. The van der Waals surface area contributed by atoms with Gasteiger partial charge in [-0.25, -0.2) is 8.78 Å². The molecule has 2 aliphatic rings. The van der Waals surface area contributed by atoms with Crippen molar-refractivity contribution in [2.24, 2.45) is 4.99 Å². The fraction of sp³-hybridized carbons (Fsp3) is 0.632. The monoisotopic (exact) mass is 479 g/mol. The number of nitrogens with zero attached hydrogens (tertiary/aromatic N) is 2. The predicted octanol–water partition coefficient (Wildman–Crippen LogP) is 3.91. The molecule has 0 radical (unpaired) electrons. The molecule has 1 aliphatic carbocycles. The van der Waals surface area contributed by atoms with E-state index < -0.39 is 11.6 Å². The molecule has 2 unspecified atom stereocenters. The minimum Gasteiger partial charge on any atom is -0.378 e. The average molecular weight is 479 g/mol. The second-order valence-corrected chi connectivity index (χ2v) is 6.67. The number of piperidine rings is 1. The third-order valence-corrected chi connectivity index (χ3v) is 4.93. The summed E-state index contributed by atoms with van der Waals surface area (Å²) >= 11 is 0. The number of ether oxygens (including phenoxy) is 1. The molecule has 26 heavy (non-hydrogen) atoms. The first-order valence-electron chi connectivity index (χ1n) is 9.25. The molecule has 1 aromatic rings. The van der Waals surface area contributed by atoms with Crippen molar-refractivity contribution in [2.75, 3.05) is 26.2 Å². The van der Waals surface area contributed by atoms with Crippen molar-refractivity contribution in [1.29, 1.82) is 0 Å². The summed E-state index contributed by atoms with van der Waals surface area (Å²) in [5, 5.41) is 3.41. The first-order chi connectivity index (χ1) is 12.1. The van der Waals surface area contributed by atoms with Gasteiger partial charge < -0.3 is 15.0 Å². The van der Waals surface area contributed by atoms with E-state index in [1.165, 1.54) is 18.2 Å². The summed E-state index contributed by atoms with van der Waals surface area (Å²) in [5.74, 6) is -0.187. The lowest BCUT2D eigenvalue weighted by atomic mass is 10.1. The first kappa shape index (κ1) is 21.3. The molecule has 0 spiro atoms. The molecule has 1 N–H and O–H groups in total. The fourth-order valence-electron chi connectivity index (χ4n) is 3.56. The van der Waals surface area contributed by atoms with Crippen LogP contribution >= 0.6 is 24.0 Å². The number of aliphatic imine (C=N–C) groups is 1. The summed E-state index contributed by atoms with van der Waals surface area (Å²) in [6, 6.07) is 4.10. The highest BCUT2D eigenvalue weighted by molar-refractivity contribution is 14.0. The summed E-state index contributed by atoms with van der Waals surface area (Å²) in [5.41, 5.74) is 0.200. The molecule has 2 atom stereocenters. The number of rotatable bonds is 5. The largest absolute Gasteiger partial charge is 0.378 e. The Balaban J connectivity index is 0.00000243. The highest BCUT2D eigenvalue weighted by Crippen LogP contribution is 2.43. The number of halogens is 3. The Hall–Kier alpha value is -0.960. The molecule has 1 saturated carbocycles. The van der Waals surface area contributed by atoms with E-state index in [2.05, 4.69) is 15.2 Å². The number of hydrogen-bond acceptors (Lipinski definition) is 2. The first-order valence-corrected chi connectivity index (χ1v) is 9.25. The van der Waals surface area contributed by atoms with Crippen molar-refractivity contribution in [3.63, 3.8) is 0 Å². The van der Waals surface area contributed by atoms with Crippen LogP contribution in [0.3, 0.4) is 0 Å². The molecule has 0 amide bonds. The van der Waals surface area contributed by atoms with Gasteiger partial charge in [-0.3, -0.25) is 4.99 Å². The minimum atomic E-state index is -0.458. The van der Waals surface area contributed by atoms with Crippen LogP contribution in [0, 0.1) is 11.6 Å². The van der Waals surface area contributed by atoms with Gasteiger partial charge in [-0.15, -0.1) is 24.0 Å². The lowest BCUT2D eigenvalue weighted by molar-refractivity contribution is 0.0263. The highest BCUT2D eigenvalue weighted by atomic mass is 127. The van der Waals surface area contributed by atoms with Crippen LogP contribution in [0.15, 0.2) is 23.2 Å². The second-order valence-electron chi connectivity index (χ2n) is 6.67. The van der Waals surface area contributed by atoms with Crippen LogP contribution in [0.1, 0.15) is 44.6 Å². The van der Waals surface area contributed by atoms with Crippen LogP contribution in [0.4, 0.5) is 8.78 Å². The van der Waals surface area contributed by atoms with E-state index in [1.54, 1.807) is 0 Å². The van der Waals surface area contributed by atoms with E-state index in [-0.39, 0.29) is 41.5 Å². The zero-order valence-electron chi connectivity index (χ0n) is 15.4. The lowest BCUT2D eigenvalue weighted by Crippen LogP contribution is -2.48. The van der Waals surface area contributed by atoms with Crippen LogP contribution in [0.2, 0.25) is 0 Å². The van der Waals surface area contributed by atoms with Crippen LogP contribution in [0.5, 0.6) is 0 Å². The van der Waals surface area contributed by atoms with E-state index in [0.717, 1.165) is 44.9 Å². The second kappa shape index (κ2) is 9.82. The molecule has 1 saturated heterocycles. The molecular weight excluding hydrogens is 451 g/mol. The zero-order valence-corrected chi connectivity index (χ0v) is 17.7. The molecule has 3 rings (SSSR count). The van der Waals surface area contributed by atoms with Crippen molar-refractivity contribution in [3.05, 3.63) is 35.4 Å². The van der Waals surface area contributed by atoms with Crippen molar-refractivity contribution in [2.45, 2.75) is 51.2 Å². The van der Waals surface area contributed by atoms with Crippen LogP contribution in [-0.2, 0) is 4.74 Å². The maximum absolute atomic E-state index is 13.9. The number of hydrogen-bond donors (Lipinski definition) is 1. The van der Waals surface area contributed by atoms with E-state index in [9.17, 15) is 8.78 Å². The van der Waals surface area contributed by atoms with Gasteiger partial charge in [-0.2, -0.15) is 0 Å². The Morgan fingerprint density at radius 1 is 1.23 bits per heavy atom. The van der Waals surface area contributed by atoms with Gasteiger partial charge in [-0.05, 0) is 45.2 Å². The molecule has 1 aromatic carbocycles. The van der Waals surface area contributed by atoms with Crippen molar-refractivity contribution >= 4 is 29.9 Å². The van der Waals surface area contributed by atoms with Crippen LogP contribution in [-0.4, -0.2) is 49.2 Å². The summed E-state index contributed by atoms with van der Waals surface area (Å²) in [6.07, 6.45) is 3.02. The van der Waals surface area contributed by atoms with Gasteiger partial charge in [0, 0.05) is 43.8 Å². The smallest absolute Gasteiger partial charge is 0.194 e. The van der Waals surface area contributed by atoms with Crippen molar-refractivity contribution < 1.29 is 13.5 Å². The number of benzene rings is 1. The Bertz CT molecular complexity index is 601. The molecule has 4 nitrogen and oxygen atoms in total. The summed E-state index contributed by atoms with van der Waals surface area (Å²) < 4.78 is 33.6. The van der Waals surface area contributed by atoms with E-state index in [4.69, 9.17) is 4.74 Å². The molecule has 1 aliphatic heterocycles. The zero-order chi connectivity index (χ0) is 17.8. The van der Waals surface area contributed by atoms with Gasteiger partial charge in [0.2, 0.25) is 0 Å². The van der Waals surface area contributed by atoms with Crippen molar-refractivity contribution in [3.8, 4) is 0 Å². The van der Waals surface area contributed by atoms with Gasteiger partial charge in [-0.1, -0.05) is 6.07 Å². The molecule has 0 aromatic heterocycles. The minimum absolute atomic E-state index is 0. The fourth-order valence-corrected chi connectivity index (χ4v) is 3.56. The predicted molar refractivity (Wildman–Crippen MR) is 110 cm³/mol. The number of guanidine groups is 1. The summed E-state index contributed by atoms with van der Waals surface area (Å²) in [4.78, 5) is 6.80. The normalized spacial score (nSPS) is 23.5. The molecule has 7 heteroatoms. The molecule has 2 fully saturated rings. The standard InChI is InChI=1S/C19H27F2N3O.HI/c1-3-22-19(24-10-8-13(9-11-24)25-4-2)23-17-12-14(17)18-15(20)6-5-7-16(18)21;/h5-7,13-14,17H,3-4,8-12H2,1-2H3,(H,22,23);1H. The van der Waals surface area contributed by atoms with Crippen LogP contribution < -0.4 is 5.32 Å². The van der Waals surface area contributed by atoms with Crippen LogP contribution in [0.25, 0.3) is 0 Å². The van der Waals surface area contributed by atoms with E-state index in [1.807, 2.05) is 13.8 Å². The highest BCUT2D eigenvalue weighted by Gasteiger charge is 2.43. The van der Waals surface area contributed by atoms with E-state index in [0.29, 0.717) is 12.6 Å². The van der Waals surface area contributed by atoms with Gasteiger partial charge in [0.15, 0.2) is 5.96 Å². The number of nitrogens with one attached hydrogen (secondary N) is 1. The van der Waals surface area contributed by atoms with E-state index >= 15 is 0 Å². The van der Waals surface area contributed by atoms with Gasteiger partial charge in [0.1, 0.15) is 11.6 Å². The Labute approximate surface area is 171 Å². The van der Waals surface area contributed by atoms with Crippen molar-refractivity contribution in [1.82, 2.24) is 10.2 Å². The quantitative estimate of drug-likeness (QED) is 0.396. The van der Waals surface area contributed by atoms with Gasteiger partial charge >= 0.3 is 0 Å². The maximum Gasteiger partial charge on any atom is 0.194 e. The van der Waals surface area contributed by atoms with Gasteiger partial charge in [0.05, 0.1) is 6.10 Å². The lowest BCUT2D eigenvalue weighted by Gasteiger charge is -2.34. The Morgan fingerprint density at radius 2 is 1.88 bits per heavy atom. The Morgan fingerprint density at radius 3 is 2.46 bits per heavy atom. The molecule has 1 heterocycles. The summed E-state index contributed by atoms with van der Waals surface area (Å²) in [7, 11) is 0. The topological polar surface area (TPSA) is 36.9 Å². The van der Waals surface area contributed by atoms with Gasteiger partial charge in [0.25, 0.3) is 0 Å². The SMILES string of the molecule is CCN=C(NC1CC1c1c(F)cccc1F)N1CCC(OCC)CC1.I. The molecule has 0 bridgehead atoms. The maximum atomic E-state index is 13.9. The Kier molecular flexibility index (Phi) is 8.06. The average Bonchev–Trinajstić information content (AvgIpc) is 3.34. The summed E-state index contributed by atoms with van der Waals surface area (Å²) in [6.45, 7) is 7.22. The third-order valence-electron chi connectivity index (χ3n) is 4.93.